The van der Waals surface area contributed by atoms with Crippen molar-refractivity contribution in [2.24, 2.45) is 14.1 Å². The van der Waals surface area contributed by atoms with Gasteiger partial charge in [-0.2, -0.15) is 4.39 Å². The van der Waals surface area contributed by atoms with Gasteiger partial charge in [0.1, 0.15) is 0 Å². The molecule has 0 aromatic carbocycles. The minimum atomic E-state index is -0.821. The molecule has 11 heavy (non-hydrogen) atoms. The minimum absolute atomic E-state index is 0.634. The van der Waals surface area contributed by atoms with E-state index in [0.29, 0.717) is 0 Å². The number of rotatable bonds is 0. The van der Waals surface area contributed by atoms with Crippen molar-refractivity contribution in [2.75, 3.05) is 0 Å². The van der Waals surface area contributed by atoms with Crippen molar-refractivity contribution in [3.63, 3.8) is 0 Å². The van der Waals surface area contributed by atoms with Crippen LogP contribution in [0.25, 0.3) is 0 Å². The molecule has 1 aromatic heterocycles. The lowest BCUT2D eigenvalue weighted by molar-refractivity contribution is 0.486. The van der Waals surface area contributed by atoms with Gasteiger partial charge in [0, 0.05) is 14.1 Å². The van der Waals surface area contributed by atoms with Crippen molar-refractivity contribution >= 4 is 0 Å². The Morgan fingerprint density at radius 2 is 1.82 bits per heavy atom. The van der Waals surface area contributed by atoms with Gasteiger partial charge in [0.15, 0.2) is 0 Å². The summed E-state index contributed by atoms with van der Waals surface area (Å²) in [6.07, 6.45) is 0. The van der Waals surface area contributed by atoms with Crippen LogP contribution < -0.4 is 11.2 Å². The average Bonchev–Trinajstić information content (AvgIpc) is 1.97. The molecule has 0 spiro atoms. The highest BCUT2D eigenvalue weighted by Crippen LogP contribution is 1.82. The van der Waals surface area contributed by atoms with E-state index in [0.717, 1.165) is 15.2 Å². The van der Waals surface area contributed by atoms with Gasteiger partial charge in [0.25, 0.3) is 5.56 Å². The van der Waals surface area contributed by atoms with E-state index in [1.165, 1.54) is 14.1 Å². The quantitative estimate of drug-likeness (QED) is 0.465. The van der Waals surface area contributed by atoms with E-state index in [-0.39, 0.29) is 0 Å². The Hall–Kier alpha value is -1.39. The molecule has 0 N–H and O–H groups in total. The topological polar surface area (TPSA) is 44.0 Å². The standard InChI is InChI=1S/C6H7FN2O2/c1-8-4(7)3-5(10)9(2)6(8)11/h3H,1-2H3. The zero-order chi connectivity index (χ0) is 8.59. The molecule has 0 aliphatic carbocycles. The van der Waals surface area contributed by atoms with Crippen LogP contribution in [0.1, 0.15) is 0 Å². The molecule has 0 aliphatic heterocycles. The third kappa shape index (κ3) is 1.09. The number of nitrogens with zero attached hydrogens (tertiary/aromatic N) is 2. The van der Waals surface area contributed by atoms with Gasteiger partial charge in [-0.15, -0.1) is 0 Å². The first kappa shape index (κ1) is 7.71. The lowest BCUT2D eigenvalue weighted by Crippen LogP contribution is -2.37. The molecule has 4 nitrogen and oxygen atoms in total. The summed E-state index contributed by atoms with van der Waals surface area (Å²) in [5.74, 6) is -0.821. The number of halogens is 1. The first-order chi connectivity index (χ1) is 5.04. The molecule has 1 heterocycles. The Balaban J connectivity index is 3.74. The van der Waals surface area contributed by atoms with E-state index in [9.17, 15) is 14.0 Å². The van der Waals surface area contributed by atoms with Crippen LogP contribution in [-0.4, -0.2) is 9.13 Å². The van der Waals surface area contributed by atoms with Crippen molar-refractivity contribution in [3.05, 3.63) is 32.9 Å². The number of hydrogen-bond acceptors (Lipinski definition) is 2. The molecule has 0 unspecified atom stereocenters. The molecule has 60 valence electrons. The van der Waals surface area contributed by atoms with E-state index >= 15 is 0 Å². The van der Waals surface area contributed by atoms with E-state index in [4.69, 9.17) is 0 Å². The fraction of sp³-hybridized carbons (Fsp3) is 0.333. The van der Waals surface area contributed by atoms with E-state index in [1.807, 2.05) is 0 Å². The molecule has 0 bridgehead atoms. The second kappa shape index (κ2) is 2.34. The van der Waals surface area contributed by atoms with Crippen LogP contribution in [0.5, 0.6) is 0 Å². The molecule has 0 fully saturated rings. The molecule has 0 aliphatic rings. The lowest BCUT2D eigenvalue weighted by atomic mass is 10.6. The van der Waals surface area contributed by atoms with Crippen molar-refractivity contribution in [1.29, 1.82) is 0 Å². The van der Waals surface area contributed by atoms with Crippen molar-refractivity contribution in [2.45, 2.75) is 0 Å². The van der Waals surface area contributed by atoms with Crippen molar-refractivity contribution < 1.29 is 4.39 Å². The first-order valence-electron chi connectivity index (χ1n) is 2.96. The zero-order valence-electron chi connectivity index (χ0n) is 6.17. The fourth-order valence-electron chi connectivity index (χ4n) is 0.706. The molecule has 0 radical (unpaired) electrons. The summed E-state index contributed by atoms with van der Waals surface area (Å²) in [4.78, 5) is 21.6. The highest BCUT2D eigenvalue weighted by Gasteiger charge is 2.02. The Kier molecular flexibility index (Phi) is 1.64. The maximum atomic E-state index is 12.6. The van der Waals surface area contributed by atoms with Gasteiger partial charge < -0.3 is 0 Å². The minimum Gasteiger partial charge on any atom is -0.273 e. The third-order valence-corrected chi connectivity index (χ3v) is 1.47. The molecule has 0 atom stereocenters. The highest BCUT2D eigenvalue weighted by atomic mass is 19.1. The maximum Gasteiger partial charge on any atom is 0.332 e. The van der Waals surface area contributed by atoms with Crippen LogP contribution in [-0.2, 0) is 14.1 Å². The number of aromatic nitrogens is 2. The van der Waals surface area contributed by atoms with Gasteiger partial charge in [-0.3, -0.25) is 13.9 Å². The smallest absolute Gasteiger partial charge is 0.273 e. The van der Waals surface area contributed by atoms with Crippen LogP contribution in [0.4, 0.5) is 4.39 Å². The Morgan fingerprint density at radius 3 is 2.36 bits per heavy atom. The molecule has 0 amide bonds. The monoisotopic (exact) mass is 158 g/mol. The summed E-state index contributed by atoms with van der Waals surface area (Å²) < 4.78 is 14.2. The van der Waals surface area contributed by atoms with Crippen LogP contribution >= 0.6 is 0 Å². The Labute approximate surface area is 61.5 Å². The molecule has 1 aromatic rings. The van der Waals surface area contributed by atoms with Crippen molar-refractivity contribution in [3.8, 4) is 0 Å². The highest BCUT2D eigenvalue weighted by molar-refractivity contribution is 4.87. The normalized spacial score (nSPS) is 10.1. The first-order valence-corrected chi connectivity index (χ1v) is 2.96. The molecule has 0 saturated carbocycles. The SMILES string of the molecule is Cn1c(F)cc(=O)n(C)c1=O. The van der Waals surface area contributed by atoms with E-state index in [2.05, 4.69) is 0 Å². The Morgan fingerprint density at radius 1 is 1.27 bits per heavy atom. The van der Waals surface area contributed by atoms with Crippen LogP contribution in [0.15, 0.2) is 15.7 Å². The summed E-state index contributed by atoms with van der Waals surface area (Å²) in [5.41, 5.74) is -1.29. The summed E-state index contributed by atoms with van der Waals surface area (Å²) in [6.45, 7) is 0. The molecule has 0 saturated heterocycles. The molecule has 1 rings (SSSR count). The van der Waals surface area contributed by atoms with Gasteiger partial charge in [0.2, 0.25) is 5.95 Å². The van der Waals surface area contributed by atoms with Gasteiger partial charge in [-0.05, 0) is 0 Å². The molecule has 5 heteroatoms. The molecular formula is C6H7FN2O2. The number of hydrogen-bond donors (Lipinski definition) is 0. The van der Waals surface area contributed by atoms with Crippen LogP contribution in [0.2, 0.25) is 0 Å². The van der Waals surface area contributed by atoms with Crippen molar-refractivity contribution in [1.82, 2.24) is 9.13 Å². The summed E-state index contributed by atoms with van der Waals surface area (Å²) in [5, 5.41) is 0. The predicted molar refractivity (Wildman–Crippen MR) is 36.9 cm³/mol. The second-order valence-corrected chi connectivity index (χ2v) is 2.21. The zero-order valence-corrected chi connectivity index (χ0v) is 6.17. The largest absolute Gasteiger partial charge is 0.332 e. The van der Waals surface area contributed by atoms with Gasteiger partial charge in [-0.25, -0.2) is 4.79 Å². The van der Waals surface area contributed by atoms with Gasteiger partial charge >= 0.3 is 5.69 Å². The fourth-order valence-corrected chi connectivity index (χ4v) is 0.706. The lowest BCUT2D eigenvalue weighted by Gasteiger charge is -2.00. The predicted octanol–water partition coefficient (Wildman–Crippen LogP) is -0.777. The summed E-state index contributed by atoms with van der Waals surface area (Å²) in [7, 11) is 2.56. The third-order valence-electron chi connectivity index (χ3n) is 1.47. The summed E-state index contributed by atoms with van der Waals surface area (Å²) in [6, 6.07) is 0.765. The van der Waals surface area contributed by atoms with E-state index < -0.39 is 17.2 Å². The maximum absolute atomic E-state index is 12.6. The second-order valence-electron chi connectivity index (χ2n) is 2.21. The molecular weight excluding hydrogens is 151 g/mol. The Bertz CT molecular complexity index is 391. The van der Waals surface area contributed by atoms with Gasteiger partial charge in [0.05, 0.1) is 6.07 Å². The van der Waals surface area contributed by atoms with Crippen LogP contribution in [0, 0.1) is 5.95 Å². The van der Waals surface area contributed by atoms with E-state index in [1.54, 1.807) is 0 Å². The summed E-state index contributed by atoms with van der Waals surface area (Å²) >= 11 is 0. The average molecular weight is 158 g/mol. The van der Waals surface area contributed by atoms with Crippen LogP contribution in [0.3, 0.4) is 0 Å². The van der Waals surface area contributed by atoms with Gasteiger partial charge in [-0.1, -0.05) is 0 Å².